The first-order valence-electron chi connectivity index (χ1n) is 12.9. The maximum Gasteiger partial charge on any atom is 0.255 e. The molecule has 2 aromatic carbocycles. The highest BCUT2D eigenvalue weighted by Gasteiger charge is 2.37. The van der Waals surface area contributed by atoms with Gasteiger partial charge in [-0.05, 0) is 73.1 Å². The molecule has 0 saturated heterocycles. The second-order valence-corrected chi connectivity index (χ2v) is 10.5. The first-order valence-corrected chi connectivity index (χ1v) is 12.9. The number of Topliss-reactive ketones (excluding diaryl/α,β-unsaturated/α-hetero) is 1. The van der Waals surface area contributed by atoms with Crippen molar-refractivity contribution in [1.29, 1.82) is 0 Å². The number of carbonyl (C=O) groups excluding carboxylic acids is 3. The zero-order valence-corrected chi connectivity index (χ0v) is 22.2. The van der Waals surface area contributed by atoms with E-state index in [9.17, 15) is 14.4 Å². The van der Waals surface area contributed by atoms with Gasteiger partial charge in [0.25, 0.3) is 5.91 Å². The van der Waals surface area contributed by atoms with Gasteiger partial charge in [-0.25, -0.2) is 0 Å². The van der Waals surface area contributed by atoms with Gasteiger partial charge in [0, 0.05) is 36.5 Å². The van der Waals surface area contributed by atoms with E-state index in [1.807, 2.05) is 56.4 Å². The van der Waals surface area contributed by atoms with E-state index in [2.05, 4.69) is 36.3 Å². The zero-order chi connectivity index (χ0) is 26.7. The fraction of sp³-hybridized carbons (Fsp3) is 0.355. The Kier molecular flexibility index (Phi) is 7.86. The van der Waals surface area contributed by atoms with Crippen LogP contribution in [0.2, 0.25) is 0 Å². The minimum atomic E-state index is -0.635. The van der Waals surface area contributed by atoms with Crippen molar-refractivity contribution in [2.45, 2.75) is 66.1 Å². The molecule has 0 fully saturated rings. The molecule has 0 bridgehead atoms. The van der Waals surface area contributed by atoms with E-state index in [0.717, 1.165) is 33.4 Å². The number of hydrogen-bond donors (Lipinski definition) is 1. The van der Waals surface area contributed by atoms with E-state index in [4.69, 9.17) is 0 Å². The van der Waals surface area contributed by atoms with Crippen molar-refractivity contribution < 1.29 is 14.4 Å². The van der Waals surface area contributed by atoms with Gasteiger partial charge in [-0.2, -0.15) is 0 Å². The molecule has 0 unspecified atom stereocenters. The summed E-state index contributed by atoms with van der Waals surface area (Å²) in [6.07, 6.45) is 4.19. The molecule has 1 N–H and O–H groups in total. The Labute approximate surface area is 219 Å². The third-order valence-corrected chi connectivity index (χ3v) is 6.96. The van der Waals surface area contributed by atoms with Crippen LogP contribution < -0.4 is 5.32 Å². The van der Waals surface area contributed by atoms with Crippen LogP contribution in [-0.4, -0.2) is 33.5 Å². The standard InChI is InChI=1S/C31H35N3O3/c1-19(2)13-28(34-18-23-11-6-7-12-26(23)31(34)37)30(36)33-27(14-22(5)35)24-15-25(17-32-16-24)29-20(3)9-8-10-21(29)4/h6-12,15-17,19,27-28H,13-14,18H2,1-5H3,(H,33,36)/t27-,28-/m0/s1. The van der Waals surface area contributed by atoms with Crippen molar-refractivity contribution in [2.75, 3.05) is 0 Å². The van der Waals surface area contributed by atoms with Crippen LogP contribution in [-0.2, 0) is 16.1 Å². The monoisotopic (exact) mass is 497 g/mol. The van der Waals surface area contributed by atoms with E-state index >= 15 is 0 Å². The number of carbonyl (C=O) groups is 3. The van der Waals surface area contributed by atoms with Crippen molar-refractivity contribution in [3.05, 3.63) is 88.7 Å². The Hall–Kier alpha value is -3.80. The van der Waals surface area contributed by atoms with Gasteiger partial charge in [0.1, 0.15) is 11.8 Å². The molecule has 2 atom stereocenters. The number of aromatic nitrogens is 1. The fourth-order valence-corrected chi connectivity index (χ4v) is 5.21. The molecule has 1 aliphatic rings. The lowest BCUT2D eigenvalue weighted by atomic mass is 9.94. The third kappa shape index (κ3) is 5.79. The summed E-state index contributed by atoms with van der Waals surface area (Å²) < 4.78 is 0. The highest BCUT2D eigenvalue weighted by Crippen LogP contribution is 2.30. The molecular weight excluding hydrogens is 462 g/mol. The van der Waals surface area contributed by atoms with Crippen LogP contribution in [0.4, 0.5) is 0 Å². The van der Waals surface area contributed by atoms with Crippen LogP contribution in [0.5, 0.6) is 0 Å². The summed E-state index contributed by atoms with van der Waals surface area (Å²) in [6.45, 7) is 10.1. The molecule has 0 aliphatic carbocycles. The van der Waals surface area contributed by atoms with E-state index in [-0.39, 0.29) is 29.9 Å². The largest absolute Gasteiger partial charge is 0.347 e. The summed E-state index contributed by atoms with van der Waals surface area (Å²) in [5.41, 5.74) is 6.66. The molecule has 6 heteroatoms. The summed E-state index contributed by atoms with van der Waals surface area (Å²) in [4.78, 5) is 45.3. The normalized spacial score (nSPS) is 14.4. The van der Waals surface area contributed by atoms with Crippen molar-refractivity contribution in [2.24, 2.45) is 5.92 Å². The van der Waals surface area contributed by atoms with E-state index in [0.29, 0.717) is 18.5 Å². The number of ketones is 1. The zero-order valence-electron chi connectivity index (χ0n) is 22.2. The van der Waals surface area contributed by atoms with Gasteiger partial charge in [-0.15, -0.1) is 0 Å². The van der Waals surface area contributed by atoms with Crippen molar-refractivity contribution in [3.63, 3.8) is 0 Å². The van der Waals surface area contributed by atoms with Gasteiger partial charge in [0.2, 0.25) is 5.91 Å². The maximum absolute atomic E-state index is 13.8. The topological polar surface area (TPSA) is 79.4 Å². The lowest BCUT2D eigenvalue weighted by Crippen LogP contribution is -2.48. The van der Waals surface area contributed by atoms with Gasteiger partial charge in [-0.3, -0.25) is 19.4 Å². The highest BCUT2D eigenvalue weighted by molar-refractivity contribution is 6.01. The Balaban J connectivity index is 1.64. The summed E-state index contributed by atoms with van der Waals surface area (Å²) >= 11 is 0. The third-order valence-electron chi connectivity index (χ3n) is 6.96. The molecule has 37 heavy (non-hydrogen) atoms. The number of fused-ring (bicyclic) bond motifs is 1. The molecule has 2 amide bonds. The van der Waals surface area contributed by atoms with Crippen molar-refractivity contribution in [3.8, 4) is 11.1 Å². The van der Waals surface area contributed by atoms with Gasteiger partial charge >= 0.3 is 0 Å². The van der Waals surface area contributed by atoms with Gasteiger partial charge < -0.3 is 10.2 Å². The first-order chi connectivity index (χ1) is 17.7. The van der Waals surface area contributed by atoms with Gasteiger partial charge in [-0.1, -0.05) is 50.2 Å². The molecule has 4 rings (SSSR count). The molecular formula is C31H35N3O3. The summed E-state index contributed by atoms with van der Waals surface area (Å²) in [5.74, 6) is -0.211. The maximum atomic E-state index is 13.8. The Bertz CT molecular complexity index is 1310. The second-order valence-electron chi connectivity index (χ2n) is 10.5. The van der Waals surface area contributed by atoms with Crippen LogP contribution in [0, 0.1) is 19.8 Å². The van der Waals surface area contributed by atoms with Gasteiger partial charge in [0.15, 0.2) is 0 Å². The van der Waals surface area contributed by atoms with E-state index in [1.54, 1.807) is 11.1 Å². The van der Waals surface area contributed by atoms with E-state index < -0.39 is 12.1 Å². The molecule has 192 valence electrons. The number of rotatable bonds is 9. The predicted octanol–water partition coefficient (Wildman–Crippen LogP) is 5.57. The van der Waals surface area contributed by atoms with Crippen LogP contribution in [0.1, 0.15) is 72.3 Å². The summed E-state index contributed by atoms with van der Waals surface area (Å²) in [5, 5.41) is 3.11. The molecule has 0 spiro atoms. The second kappa shape index (κ2) is 11.1. The Morgan fingerprint density at radius 3 is 2.38 bits per heavy atom. The van der Waals surface area contributed by atoms with Crippen LogP contribution in [0.25, 0.3) is 11.1 Å². The van der Waals surface area contributed by atoms with Gasteiger partial charge in [0.05, 0.1) is 6.04 Å². The van der Waals surface area contributed by atoms with Crippen LogP contribution >= 0.6 is 0 Å². The lowest BCUT2D eigenvalue weighted by molar-refractivity contribution is -0.127. The molecule has 0 saturated carbocycles. The Morgan fingerprint density at radius 2 is 1.73 bits per heavy atom. The SMILES string of the molecule is CC(=O)C[C@H](NC(=O)[C@H](CC(C)C)N1Cc2ccccc2C1=O)c1cncc(-c2c(C)cccc2C)c1. The average molecular weight is 498 g/mol. The van der Waals surface area contributed by atoms with Crippen molar-refractivity contribution >= 4 is 17.6 Å². The molecule has 6 nitrogen and oxygen atoms in total. The number of amides is 2. The number of benzene rings is 2. The molecule has 0 radical (unpaired) electrons. The first kappa shape index (κ1) is 26.3. The summed E-state index contributed by atoms with van der Waals surface area (Å²) in [7, 11) is 0. The number of pyridine rings is 1. The summed E-state index contributed by atoms with van der Waals surface area (Å²) in [6, 6.07) is 14.5. The molecule has 2 heterocycles. The number of aryl methyl sites for hydroxylation is 2. The quantitative estimate of drug-likeness (QED) is 0.419. The molecule has 3 aromatic rings. The number of nitrogens with zero attached hydrogens (tertiary/aromatic N) is 2. The van der Waals surface area contributed by atoms with Crippen LogP contribution in [0.3, 0.4) is 0 Å². The minimum Gasteiger partial charge on any atom is -0.347 e. The minimum absolute atomic E-state index is 0.0344. The van der Waals surface area contributed by atoms with Crippen LogP contribution in [0.15, 0.2) is 60.9 Å². The highest BCUT2D eigenvalue weighted by atomic mass is 16.2. The lowest BCUT2D eigenvalue weighted by Gasteiger charge is -2.30. The predicted molar refractivity (Wildman–Crippen MR) is 145 cm³/mol. The molecule has 1 aromatic heterocycles. The Morgan fingerprint density at radius 1 is 1.03 bits per heavy atom. The smallest absolute Gasteiger partial charge is 0.255 e. The fourth-order valence-electron chi connectivity index (χ4n) is 5.21. The molecule has 1 aliphatic heterocycles. The van der Waals surface area contributed by atoms with E-state index in [1.165, 1.54) is 6.92 Å². The number of nitrogens with one attached hydrogen (secondary N) is 1. The average Bonchev–Trinajstić information content (AvgIpc) is 3.18. The van der Waals surface area contributed by atoms with Crippen molar-refractivity contribution in [1.82, 2.24) is 15.2 Å². The number of hydrogen-bond acceptors (Lipinski definition) is 4.